The topological polar surface area (TPSA) is 32.7 Å². The molecule has 2 aromatic carbocycles. The van der Waals surface area contributed by atoms with Crippen molar-refractivity contribution in [3.8, 4) is 5.75 Å². The summed E-state index contributed by atoms with van der Waals surface area (Å²) < 4.78 is 29.4. The minimum Gasteiger partial charge on any atom is -0.435 e. The Morgan fingerprint density at radius 1 is 1.08 bits per heavy atom. The minimum absolute atomic E-state index is 0.0990. The molecule has 0 aliphatic carbocycles. The van der Waals surface area contributed by atoms with Gasteiger partial charge in [-0.25, -0.2) is 0 Å². The number of nitrogens with zero attached hydrogens (tertiary/aromatic N) is 1. The predicted molar refractivity (Wildman–Crippen MR) is 98.7 cm³/mol. The average molecular weight is 381 g/mol. The average Bonchev–Trinajstić information content (AvgIpc) is 2.85. The fraction of sp³-hybridized carbons (Fsp3) is 0.278. The lowest BCUT2D eigenvalue weighted by molar-refractivity contribution is -0.0498. The van der Waals surface area contributed by atoms with Crippen LogP contribution in [0.2, 0.25) is 0 Å². The van der Waals surface area contributed by atoms with Crippen LogP contribution in [-0.2, 0) is 13.0 Å². The Morgan fingerprint density at radius 3 is 2.40 bits per heavy atom. The summed E-state index contributed by atoms with van der Waals surface area (Å²) in [7, 11) is 0. The molecule has 1 aliphatic rings. The molecule has 0 saturated carbocycles. The molecule has 1 heterocycles. The highest BCUT2D eigenvalue weighted by Crippen LogP contribution is 2.34. The van der Waals surface area contributed by atoms with E-state index >= 15 is 0 Å². The lowest BCUT2D eigenvalue weighted by Gasteiger charge is -2.24. The predicted octanol–water partition coefficient (Wildman–Crippen LogP) is 4.05. The summed E-state index contributed by atoms with van der Waals surface area (Å²) in [5.74, 6) is 0.125. The lowest BCUT2D eigenvalue weighted by atomic mass is 10.1. The molecular weight excluding hydrogens is 364 g/mol. The van der Waals surface area contributed by atoms with Crippen LogP contribution in [-0.4, -0.2) is 32.4 Å². The molecule has 7 heteroatoms. The summed E-state index contributed by atoms with van der Waals surface area (Å²) in [6.45, 7) is -2.27. The van der Waals surface area contributed by atoms with Crippen LogP contribution in [0.3, 0.4) is 0 Å². The Kier molecular flexibility index (Phi) is 5.88. The van der Waals surface area contributed by atoms with Crippen LogP contribution < -0.4 is 4.74 Å². The number of hydrogen-bond donors (Lipinski definition) is 1. The molecule has 1 aliphatic heterocycles. The van der Waals surface area contributed by atoms with Crippen LogP contribution in [0.25, 0.3) is 0 Å². The Morgan fingerprint density at radius 2 is 1.76 bits per heavy atom. The van der Waals surface area contributed by atoms with Crippen molar-refractivity contribution in [2.75, 3.05) is 0 Å². The van der Waals surface area contributed by atoms with E-state index < -0.39 is 12.8 Å². The minimum atomic E-state index is -2.83. The number of rotatable bonds is 6. The van der Waals surface area contributed by atoms with Gasteiger partial charge in [0.2, 0.25) is 0 Å². The van der Waals surface area contributed by atoms with Crippen LogP contribution in [0.15, 0.2) is 54.6 Å². The molecule has 0 radical (unpaired) electrons. The Labute approximate surface area is 154 Å². The fourth-order valence-electron chi connectivity index (χ4n) is 2.69. The third kappa shape index (κ3) is 4.68. The zero-order chi connectivity index (χ0) is 17.8. The van der Waals surface area contributed by atoms with E-state index in [-0.39, 0.29) is 11.0 Å². The molecule has 132 valence electrons. The third-order valence-corrected chi connectivity index (χ3v) is 5.59. The van der Waals surface area contributed by atoms with Crippen molar-refractivity contribution in [3.63, 3.8) is 0 Å². The molecule has 0 aromatic heterocycles. The van der Waals surface area contributed by atoms with E-state index in [1.165, 1.54) is 23.9 Å². The first-order chi connectivity index (χ1) is 12.0. The number of alkyl halides is 2. The number of benzene rings is 2. The number of ether oxygens (including phenoxy) is 1. The zero-order valence-electron chi connectivity index (χ0n) is 13.2. The summed E-state index contributed by atoms with van der Waals surface area (Å²) in [6, 6.07) is 16.3. The molecule has 25 heavy (non-hydrogen) atoms. The van der Waals surface area contributed by atoms with Gasteiger partial charge >= 0.3 is 6.61 Å². The normalized spacial score (nSPS) is 20.3. The lowest BCUT2D eigenvalue weighted by Crippen LogP contribution is -2.36. The smallest absolute Gasteiger partial charge is 0.387 e. The summed E-state index contributed by atoms with van der Waals surface area (Å²) in [6.07, 6.45) is -0.0960. The molecule has 1 fully saturated rings. The van der Waals surface area contributed by atoms with E-state index in [4.69, 9.17) is 12.2 Å². The summed E-state index contributed by atoms with van der Waals surface area (Å²) in [4.78, 5) is 1.81. The molecule has 1 N–H and O–H groups in total. The fourth-order valence-corrected chi connectivity index (χ4v) is 4.35. The van der Waals surface area contributed by atoms with Crippen molar-refractivity contribution in [2.45, 2.75) is 31.1 Å². The number of thioether (sulfide) groups is 1. The monoisotopic (exact) mass is 381 g/mol. The van der Waals surface area contributed by atoms with Gasteiger partial charge in [-0.3, -0.25) is 0 Å². The maximum atomic E-state index is 12.2. The highest BCUT2D eigenvalue weighted by atomic mass is 32.2. The molecule has 0 spiro atoms. The van der Waals surface area contributed by atoms with Gasteiger partial charge in [0, 0.05) is 6.54 Å². The first-order valence-corrected chi connectivity index (χ1v) is 9.05. The van der Waals surface area contributed by atoms with Gasteiger partial charge in [0.25, 0.3) is 0 Å². The highest BCUT2D eigenvalue weighted by molar-refractivity contribution is 8.23. The van der Waals surface area contributed by atoms with Gasteiger partial charge in [0.1, 0.15) is 16.3 Å². The zero-order valence-corrected chi connectivity index (χ0v) is 14.9. The van der Waals surface area contributed by atoms with E-state index in [2.05, 4.69) is 4.74 Å². The van der Waals surface area contributed by atoms with Crippen molar-refractivity contribution >= 4 is 28.3 Å². The van der Waals surface area contributed by atoms with Crippen molar-refractivity contribution in [1.82, 2.24) is 4.90 Å². The van der Waals surface area contributed by atoms with E-state index in [1.807, 2.05) is 35.2 Å². The first-order valence-electron chi connectivity index (χ1n) is 7.76. The summed E-state index contributed by atoms with van der Waals surface area (Å²) >= 11 is 6.87. The first kappa shape index (κ1) is 18.1. The number of aliphatic hydroxyl groups excluding tert-OH is 1. The van der Waals surface area contributed by atoms with Crippen LogP contribution >= 0.6 is 24.0 Å². The molecular formula is C18H17F2NO2S2. The second kappa shape index (κ2) is 8.12. The molecule has 3 rings (SSSR count). The van der Waals surface area contributed by atoms with Crippen molar-refractivity contribution in [2.24, 2.45) is 0 Å². The standard InChI is InChI=1S/C18H17F2NO2S2/c19-17(20)23-14-8-6-12(7-9-14)10-15-16(22)21(18(24)25-15)11-13-4-2-1-3-5-13/h1-9,15-17,22H,10-11H2/t15-,16-/m0/s1. The third-order valence-electron chi connectivity index (χ3n) is 3.92. The van der Waals surface area contributed by atoms with Crippen molar-refractivity contribution in [1.29, 1.82) is 0 Å². The second-order valence-corrected chi connectivity index (χ2v) is 7.55. The van der Waals surface area contributed by atoms with Gasteiger partial charge in [0.05, 0.1) is 5.25 Å². The number of thiocarbonyl (C=S) groups is 1. The van der Waals surface area contributed by atoms with Crippen LogP contribution in [0.1, 0.15) is 11.1 Å². The quantitative estimate of drug-likeness (QED) is 0.764. The van der Waals surface area contributed by atoms with Crippen LogP contribution in [0.5, 0.6) is 5.75 Å². The van der Waals surface area contributed by atoms with E-state index in [1.54, 1.807) is 12.1 Å². The molecule has 2 aromatic rings. The van der Waals surface area contributed by atoms with Crippen molar-refractivity contribution in [3.05, 3.63) is 65.7 Å². The van der Waals surface area contributed by atoms with Gasteiger partial charge in [-0.15, -0.1) is 0 Å². The van der Waals surface area contributed by atoms with Gasteiger partial charge in [-0.2, -0.15) is 8.78 Å². The molecule has 0 unspecified atom stereocenters. The largest absolute Gasteiger partial charge is 0.435 e. The Balaban J connectivity index is 1.62. The maximum Gasteiger partial charge on any atom is 0.387 e. The highest BCUT2D eigenvalue weighted by Gasteiger charge is 2.36. The maximum absolute atomic E-state index is 12.2. The summed E-state index contributed by atoms with van der Waals surface area (Å²) in [5.41, 5.74) is 2.01. The van der Waals surface area contributed by atoms with E-state index in [0.29, 0.717) is 17.3 Å². The Hall–Kier alpha value is -1.70. The van der Waals surface area contributed by atoms with Crippen molar-refractivity contribution < 1.29 is 18.6 Å². The number of hydrogen-bond acceptors (Lipinski definition) is 4. The van der Waals surface area contributed by atoms with Crippen LogP contribution in [0, 0.1) is 0 Å². The number of aliphatic hydroxyl groups is 1. The van der Waals surface area contributed by atoms with E-state index in [9.17, 15) is 13.9 Å². The molecule has 0 amide bonds. The molecule has 1 saturated heterocycles. The SMILES string of the molecule is O[C@H]1[C@H](Cc2ccc(OC(F)F)cc2)SC(=S)N1Cc1ccccc1. The molecule has 3 nitrogen and oxygen atoms in total. The van der Waals surface area contributed by atoms with Gasteiger partial charge in [-0.05, 0) is 29.7 Å². The van der Waals surface area contributed by atoms with E-state index in [0.717, 1.165) is 11.1 Å². The molecule has 2 atom stereocenters. The second-order valence-electron chi connectivity index (χ2n) is 5.68. The number of halogens is 2. The van der Waals surface area contributed by atoms with Gasteiger partial charge < -0.3 is 14.7 Å². The Bertz CT molecular complexity index is 713. The van der Waals surface area contributed by atoms with Crippen LogP contribution in [0.4, 0.5) is 8.78 Å². The molecule has 0 bridgehead atoms. The van der Waals surface area contributed by atoms with Gasteiger partial charge in [0.15, 0.2) is 0 Å². The van der Waals surface area contributed by atoms with Gasteiger partial charge in [-0.1, -0.05) is 66.4 Å². The summed E-state index contributed by atoms with van der Waals surface area (Å²) in [5, 5.41) is 10.5.